The van der Waals surface area contributed by atoms with Crippen LogP contribution >= 0.6 is 11.3 Å². The Morgan fingerprint density at radius 2 is 1.81 bits per heavy atom. The number of anilines is 1. The fourth-order valence-corrected chi connectivity index (χ4v) is 3.64. The number of amides is 2. The number of nitrogens with two attached hydrogens (primary N) is 1. The maximum Gasteiger partial charge on any atom is 0.439 e. The average molecular weight is 417 g/mol. The number of allylic oxidation sites excluding steroid dienone is 1. The fraction of sp³-hybridized carbons (Fsp3) is 0.429. The predicted octanol–water partition coefficient (Wildman–Crippen LogP) is 3.40. The number of rotatable bonds is 5. The van der Waals surface area contributed by atoms with E-state index >= 15 is 0 Å². The molecule has 0 radical (unpaired) electrons. The van der Waals surface area contributed by atoms with Crippen LogP contribution in [0.4, 0.5) is 36.1 Å². The van der Waals surface area contributed by atoms with Gasteiger partial charge in [0.15, 0.2) is 0 Å². The standard InChI is InChI=1S/C14H13F6N3O3S/c1-2-26-11(25)23-12(13(15,16)17,14(18,19)20)22-10-8(9(21)24)6-4-3-5-7(6)27-10/h3,5,22H,2,4H2,1H3,(H2,21,24)(H,23,25). The van der Waals surface area contributed by atoms with E-state index in [1.165, 1.54) is 18.3 Å². The van der Waals surface area contributed by atoms with Crippen molar-refractivity contribution in [3.63, 3.8) is 0 Å². The van der Waals surface area contributed by atoms with Gasteiger partial charge in [0, 0.05) is 4.88 Å². The molecule has 0 aromatic carbocycles. The molecule has 27 heavy (non-hydrogen) atoms. The maximum atomic E-state index is 13.5. The summed E-state index contributed by atoms with van der Waals surface area (Å²) < 4.78 is 85.3. The quantitative estimate of drug-likeness (QED) is 0.506. The van der Waals surface area contributed by atoms with E-state index in [4.69, 9.17) is 5.73 Å². The van der Waals surface area contributed by atoms with E-state index in [-0.39, 0.29) is 12.0 Å². The van der Waals surface area contributed by atoms with Gasteiger partial charge in [-0.2, -0.15) is 26.3 Å². The number of primary amides is 1. The van der Waals surface area contributed by atoms with Crippen molar-refractivity contribution in [2.24, 2.45) is 5.73 Å². The lowest BCUT2D eigenvalue weighted by molar-refractivity contribution is -0.294. The highest BCUT2D eigenvalue weighted by molar-refractivity contribution is 7.17. The first-order chi connectivity index (χ1) is 12.3. The van der Waals surface area contributed by atoms with E-state index in [1.807, 2.05) is 0 Å². The highest BCUT2D eigenvalue weighted by Gasteiger charge is 2.73. The van der Waals surface area contributed by atoms with Crippen LogP contribution in [-0.4, -0.2) is 36.6 Å². The Morgan fingerprint density at radius 3 is 2.30 bits per heavy atom. The molecule has 4 N–H and O–H groups in total. The molecule has 1 aromatic heterocycles. The lowest BCUT2D eigenvalue weighted by Crippen LogP contribution is -2.72. The van der Waals surface area contributed by atoms with E-state index in [1.54, 1.807) is 6.08 Å². The Kier molecular flexibility index (Phi) is 5.37. The largest absolute Gasteiger partial charge is 0.450 e. The van der Waals surface area contributed by atoms with Gasteiger partial charge in [-0.15, -0.1) is 11.3 Å². The molecule has 0 bridgehead atoms. The number of carbonyl (C=O) groups is 2. The first kappa shape index (κ1) is 20.9. The molecule has 0 spiro atoms. The third-order valence-electron chi connectivity index (χ3n) is 3.59. The van der Waals surface area contributed by atoms with Crippen molar-refractivity contribution in [2.45, 2.75) is 31.4 Å². The van der Waals surface area contributed by atoms with Crippen LogP contribution < -0.4 is 16.4 Å². The SMILES string of the molecule is CCOC(=O)NC(Nc1sc2c(c1C(N)=O)CC=C2)(C(F)(F)F)C(F)(F)F. The predicted molar refractivity (Wildman–Crippen MR) is 84.2 cm³/mol. The van der Waals surface area contributed by atoms with Gasteiger partial charge in [0.1, 0.15) is 5.00 Å². The molecule has 1 aliphatic carbocycles. The van der Waals surface area contributed by atoms with Crippen LogP contribution in [0.2, 0.25) is 0 Å². The molecule has 150 valence electrons. The minimum absolute atomic E-state index is 0.127. The van der Waals surface area contributed by atoms with Crippen molar-refractivity contribution in [1.82, 2.24) is 5.32 Å². The van der Waals surface area contributed by atoms with Gasteiger partial charge in [-0.05, 0) is 25.0 Å². The van der Waals surface area contributed by atoms with Crippen LogP contribution in [-0.2, 0) is 11.2 Å². The monoisotopic (exact) mass is 417 g/mol. The molecular weight excluding hydrogens is 404 g/mol. The summed E-state index contributed by atoms with van der Waals surface area (Å²) in [5.74, 6) is -1.20. The van der Waals surface area contributed by atoms with Gasteiger partial charge in [0.25, 0.3) is 5.91 Å². The number of carbonyl (C=O) groups excluding carboxylic acids is 2. The van der Waals surface area contributed by atoms with E-state index in [0.29, 0.717) is 16.2 Å². The summed E-state index contributed by atoms with van der Waals surface area (Å²) in [6.45, 7) is 0.749. The van der Waals surface area contributed by atoms with E-state index in [9.17, 15) is 35.9 Å². The molecule has 1 heterocycles. The molecule has 0 unspecified atom stereocenters. The van der Waals surface area contributed by atoms with Crippen LogP contribution in [0, 0.1) is 0 Å². The van der Waals surface area contributed by atoms with Gasteiger partial charge in [0.2, 0.25) is 0 Å². The molecule has 0 atom stereocenters. The molecule has 1 aliphatic rings. The minimum Gasteiger partial charge on any atom is -0.450 e. The number of alkyl carbamates (subject to hydrolysis) is 1. The highest BCUT2D eigenvalue weighted by Crippen LogP contribution is 2.47. The maximum absolute atomic E-state index is 13.5. The van der Waals surface area contributed by atoms with Crippen molar-refractivity contribution in [3.8, 4) is 0 Å². The van der Waals surface area contributed by atoms with Gasteiger partial charge >= 0.3 is 24.1 Å². The minimum atomic E-state index is -6.03. The Balaban J connectivity index is 2.60. The summed E-state index contributed by atoms with van der Waals surface area (Å²) in [4.78, 5) is 23.4. The molecule has 6 nitrogen and oxygen atoms in total. The zero-order chi connectivity index (χ0) is 20.6. The number of hydrogen-bond acceptors (Lipinski definition) is 5. The van der Waals surface area contributed by atoms with Crippen molar-refractivity contribution in [2.75, 3.05) is 11.9 Å². The summed E-state index contributed by atoms with van der Waals surface area (Å²) in [5, 5.41) is 1.31. The summed E-state index contributed by atoms with van der Waals surface area (Å²) in [7, 11) is 0. The topological polar surface area (TPSA) is 93.4 Å². The van der Waals surface area contributed by atoms with Crippen LogP contribution in [0.3, 0.4) is 0 Å². The molecule has 2 rings (SSSR count). The molecule has 0 aliphatic heterocycles. The van der Waals surface area contributed by atoms with Gasteiger partial charge in [-0.25, -0.2) is 4.79 Å². The molecule has 1 aromatic rings. The van der Waals surface area contributed by atoms with Crippen molar-refractivity contribution >= 4 is 34.4 Å². The van der Waals surface area contributed by atoms with Crippen molar-refractivity contribution in [1.29, 1.82) is 0 Å². The lowest BCUT2D eigenvalue weighted by Gasteiger charge is -2.38. The molecule has 13 heteroatoms. The smallest absolute Gasteiger partial charge is 0.439 e. The second-order valence-corrected chi connectivity index (χ2v) is 6.39. The van der Waals surface area contributed by atoms with Crippen molar-refractivity contribution in [3.05, 3.63) is 22.1 Å². The molecular formula is C14H13F6N3O3S. The molecule has 0 saturated carbocycles. The summed E-state index contributed by atoms with van der Waals surface area (Å²) in [6, 6.07) is 0. The fourth-order valence-electron chi connectivity index (χ4n) is 2.42. The first-order valence-corrected chi connectivity index (χ1v) is 8.14. The van der Waals surface area contributed by atoms with E-state index in [2.05, 4.69) is 4.74 Å². The summed E-state index contributed by atoms with van der Waals surface area (Å²) in [5.41, 5.74) is -0.0311. The summed E-state index contributed by atoms with van der Waals surface area (Å²) in [6.07, 6.45) is -10.9. The van der Waals surface area contributed by atoms with Crippen LogP contribution in [0.5, 0.6) is 0 Å². The zero-order valence-corrected chi connectivity index (χ0v) is 14.4. The Bertz CT molecular complexity index is 770. The number of halogens is 6. The first-order valence-electron chi connectivity index (χ1n) is 7.32. The van der Waals surface area contributed by atoms with E-state index < -0.39 is 47.2 Å². The number of alkyl halides is 6. The van der Waals surface area contributed by atoms with Gasteiger partial charge in [0.05, 0.1) is 12.2 Å². The average Bonchev–Trinajstić information content (AvgIpc) is 3.03. The number of hydrogen-bond donors (Lipinski definition) is 3. The third kappa shape index (κ3) is 3.68. The Morgan fingerprint density at radius 1 is 1.22 bits per heavy atom. The number of nitrogens with one attached hydrogen (secondary N) is 2. The third-order valence-corrected chi connectivity index (χ3v) is 4.71. The second kappa shape index (κ2) is 6.94. The molecule has 0 fully saturated rings. The normalized spacial score (nSPS) is 14.0. The second-order valence-electron chi connectivity index (χ2n) is 5.34. The Hall–Kier alpha value is -2.44. The van der Waals surface area contributed by atoms with Gasteiger partial charge in [-0.1, -0.05) is 6.08 Å². The van der Waals surface area contributed by atoms with Crippen molar-refractivity contribution < 1.29 is 40.7 Å². The number of ether oxygens (including phenoxy) is 1. The van der Waals surface area contributed by atoms with Crippen LogP contribution in [0.25, 0.3) is 6.08 Å². The van der Waals surface area contributed by atoms with Gasteiger partial charge < -0.3 is 15.8 Å². The lowest BCUT2D eigenvalue weighted by atomic mass is 10.1. The van der Waals surface area contributed by atoms with Crippen LogP contribution in [0.15, 0.2) is 6.08 Å². The number of thiophene rings is 1. The van der Waals surface area contributed by atoms with E-state index in [0.717, 1.165) is 5.32 Å². The molecule has 0 saturated heterocycles. The summed E-state index contributed by atoms with van der Waals surface area (Å²) >= 11 is 0.486. The van der Waals surface area contributed by atoms with Crippen LogP contribution in [0.1, 0.15) is 27.7 Å². The zero-order valence-electron chi connectivity index (χ0n) is 13.5. The Labute approximate surface area is 152 Å². The van der Waals surface area contributed by atoms with Gasteiger partial charge in [-0.3, -0.25) is 10.1 Å². The highest BCUT2D eigenvalue weighted by atomic mass is 32.1. The number of fused-ring (bicyclic) bond motifs is 1. The molecule has 2 amide bonds.